The van der Waals surface area contributed by atoms with E-state index in [1.165, 1.54) is 18.9 Å². The molecule has 0 aromatic carbocycles. The van der Waals surface area contributed by atoms with Crippen LogP contribution in [0.1, 0.15) is 0 Å². The fourth-order valence-electron chi connectivity index (χ4n) is 0.822. The number of hydrogen-bond acceptors (Lipinski definition) is 3. The van der Waals surface area contributed by atoms with E-state index in [1.54, 1.807) is 7.05 Å². The largest absolute Gasteiger partial charge is 0.487 e. The van der Waals surface area contributed by atoms with Gasteiger partial charge in [-0.15, -0.1) is 0 Å². The molecular weight excluding hydrogens is 148 g/mol. The Balaban J connectivity index is 3.27. The highest BCUT2D eigenvalue weighted by Crippen LogP contribution is 2.17. The van der Waals surface area contributed by atoms with Crippen molar-refractivity contribution in [2.45, 2.75) is 0 Å². The van der Waals surface area contributed by atoms with Gasteiger partial charge in [-0.05, 0) is 0 Å². The zero-order valence-corrected chi connectivity index (χ0v) is 6.67. The van der Waals surface area contributed by atoms with Gasteiger partial charge < -0.3 is 9.47 Å². The second-order valence-electron chi connectivity index (χ2n) is 2.04. The second-order valence-corrected chi connectivity index (χ2v) is 2.04. The number of aromatic nitrogens is 2. The number of ether oxygens (including phenoxy) is 2. The van der Waals surface area contributed by atoms with Gasteiger partial charge in [0.2, 0.25) is 5.75 Å². The van der Waals surface area contributed by atoms with Crippen LogP contribution in [0, 0.1) is 0 Å². The predicted octanol–water partition coefficient (Wildman–Crippen LogP) is -0.269. The smallest absolute Gasteiger partial charge is 0.312 e. The summed E-state index contributed by atoms with van der Waals surface area (Å²) >= 11 is 0. The highest BCUT2D eigenvalue weighted by Gasteiger charge is 2.12. The molecule has 1 aromatic rings. The summed E-state index contributed by atoms with van der Waals surface area (Å²) in [4.78, 5) is 11.1. The quantitative estimate of drug-likeness (QED) is 0.644. The summed E-state index contributed by atoms with van der Waals surface area (Å²) in [5.41, 5.74) is -0.232. The number of nitrogens with zero attached hydrogens (tertiary/aromatic N) is 1. The minimum atomic E-state index is -0.232. The molecule has 0 fully saturated rings. The van der Waals surface area contributed by atoms with E-state index >= 15 is 0 Å². The summed E-state index contributed by atoms with van der Waals surface area (Å²) in [5.74, 6) is 0.551. The first-order valence-corrected chi connectivity index (χ1v) is 3.07. The normalized spacial score (nSPS) is 9.73. The van der Waals surface area contributed by atoms with Gasteiger partial charge >= 0.3 is 5.56 Å². The Hall–Kier alpha value is -1.39. The van der Waals surface area contributed by atoms with E-state index < -0.39 is 0 Å². The van der Waals surface area contributed by atoms with Crippen molar-refractivity contribution in [3.8, 4) is 11.6 Å². The fraction of sp³-hybridized carbons (Fsp3) is 0.500. The van der Waals surface area contributed by atoms with Crippen molar-refractivity contribution in [2.24, 2.45) is 7.05 Å². The van der Waals surface area contributed by atoms with Gasteiger partial charge in [-0.3, -0.25) is 14.6 Å². The van der Waals surface area contributed by atoms with Crippen LogP contribution in [0.25, 0.3) is 0 Å². The van der Waals surface area contributed by atoms with E-state index in [0.717, 1.165) is 0 Å². The zero-order valence-electron chi connectivity index (χ0n) is 6.67. The number of H-pyrrole nitrogens is 1. The molecule has 11 heavy (non-hydrogen) atoms. The van der Waals surface area contributed by atoms with Gasteiger partial charge in [0.1, 0.15) is 0 Å². The Kier molecular flexibility index (Phi) is 1.89. The van der Waals surface area contributed by atoms with Crippen molar-refractivity contribution in [3.63, 3.8) is 0 Å². The summed E-state index contributed by atoms with van der Waals surface area (Å²) < 4.78 is 10.9. The Bertz CT molecular complexity index is 299. The number of methoxy groups -OCH3 is 2. The molecule has 0 aliphatic carbocycles. The van der Waals surface area contributed by atoms with Crippen molar-refractivity contribution >= 4 is 0 Å². The third-order valence-electron chi connectivity index (χ3n) is 1.38. The summed E-state index contributed by atoms with van der Waals surface area (Å²) in [6.45, 7) is 0. The Labute approximate surface area is 63.5 Å². The lowest BCUT2D eigenvalue weighted by Gasteiger charge is -1.96. The van der Waals surface area contributed by atoms with Gasteiger partial charge in [0.05, 0.1) is 14.2 Å². The van der Waals surface area contributed by atoms with Crippen LogP contribution in [0.3, 0.4) is 0 Å². The van der Waals surface area contributed by atoms with Gasteiger partial charge in [-0.2, -0.15) is 0 Å². The van der Waals surface area contributed by atoms with Crippen molar-refractivity contribution in [2.75, 3.05) is 14.2 Å². The van der Waals surface area contributed by atoms with Gasteiger partial charge in [-0.25, -0.2) is 0 Å². The Morgan fingerprint density at radius 2 is 2.00 bits per heavy atom. The minimum Gasteiger partial charge on any atom is -0.487 e. The van der Waals surface area contributed by atoms with E-state index in [1.807, 2.05) is 0 Å². The molecule has 0 amide bonds. The zero-order chi connectivity index (χ0) is 8.43. The first-order valence-electron chi connectivity index (χ1n) is 3.07. The Morgan fingerprint density at radius 1 is 1.36 bits per heavy atom. The maximum absolute atomic E-state index is 11.1. The van der Waals surface area contributed by atoms with Crippen LogP contribution in [-0.4, -0.2) is 24.0 Å². The van der Waals surface area contributed by atoms with E-state index in [2.05, 4.69) is 5.10 Å². The number of rotatable bonds is 2. The van der Waals surface area contributed by atoms with Crippen LogP contribution in [0.2, 0.25) is 0 Å². The topological polar surface area (TPSA) is 56.2 Å². The Morgan fingerprint density at radius 3 is 2.36 bits per heavy atom. The molecule has 5 heteroatoms. The third kappa shape index (κ3) is 1.09. The molecule has 62 valence electrons. The molecule has 0 aliphatic heterocycles. The van der Waals surface area contributed by atoms with Crippen molar-refractivity contribution < 1.29 is 9.47 Å². The predicted molar refractivity (Wildman–Crippen MR) is 39.1 cm³/mol. The van der Waals surface area contributed by atoms with E-state index in [9.17, 15) is 4.79 Å². The number of nitrogens with one attached hydrogen (secondary N) is 1. The summed E-state index contributed by atoms with van der Waals surface area (Å²) in [5, 5.41) is 2.67. The first-order chi connectivity index (χ1) is 5.20. The number of aryl methyl sites for hydroxylation is 1. The molecule has 0 bridgehead atoms. The number of hydrogen-bond donors (Lipinski definition) is 1. The molecule has 0 unspecified atom stereocenters. The molecule has 5 nitrogen and oxygen atoms in total. The molecule has 0 saturated heterocycles. The lowest BCUT2D eigenvalue weighted by atomic mass is 10.6. The molecule has 1 heterocycles. The summed E-state index contributed by atoms with van der Waals surface area (Å²) in [6.07, 6.45) is 0. The molecule has 0 atom stereocenters. The lowest BCUT2D eigenvalue weighted by molar-refractivity contribution is 0.345. The van der Waals surface area contributed by atoms with Crippen LogP contribution in [-0.2, 0) is 7.05 Å². The van der Waals surface area contributed by atoms with Crippen LogP contribution in [0.4, 0.5) is 0 Å². The lowest BCUT2D eigenvalue weighted by Crippen LogP contribution is -2.12. The third-order valence-corrected chi connectivity index (χ3v) is 1.38. The van der Waals surface area contributed by atoms with Gasteiger partial charge in [-0.1, -0.05) is 0 Å². The molecule has 0 saturated carbocycles. The SMILES string of the molecule is COc1[nH]n(C)c(=O)c1OC. The fourth-order valence-corrected chi connectivity index (χ4v) is 0.822. The average Bonchev–Trinajstić information content (AvgIpc) is 2.28. The second kappa shape index (κ2) is 2.69. The van der Waals surface area contributed by atoms with Gasteiger partial charge in [0.15, 0.2) is 0 Å². The van der Waals surface area contributed by atoms with Gasteiger partial charge in [0.25, 0.3) is 5.88 Å². The van der Waals surface area contributed by atoms with Crippen molar-refractivity contribution in [1.82, 2.24) is 9.78 Å². The van der Waals surface area contributed by atoms with Crippen LogP contribution in [0.5, 0.6) is 11.6 Å². The highest BCUT2D eigenvalue weighted by atomic mass is 16.5. The molecule has 1 rings (SSSR count). The molecular formula is C6H10N2O3. The average molecular weight is 158 g/mol. The molecule has 1 aromatic heterocycles. The first kappa shape index (κ1) is 7.71. The highest BCUT2D eigenvalue weighted by molar-refractivity contribution is 5.30. The van der Waals surface area contributed by atoms with Crippen LogP contribution >= 0.6 is 0 Å². The van der Waals surface area contributed by atoms with Crippen molar-refractivity contribution in [3.05, 3.63) is 10.4 Å². The number of aromatic amines is 1. The maximum atomic E-state index is 11.1. The standard InChI is InChI=1S/C6H10N2O3/c1-8-6(9)4(10-2)5(7-8)11-3/h7H,1-3H3. The van der Waals surface area contributed by atoms with Crippen LogP contribution < -0.4 is 15.0 Å². The summed E-state index contributed by atoms with van der Waals surface area (Å²) in [6, 6.07) is 0. The minimum absolute atomic E-state index is 0.204. The van der Waals surface area contributed by atoms with Crippen LogP contribution in [0.15, 0.2) is 4.79 Å². The van der Waals surface area contributed by atoms with E-state index in [-0.39, 0.29) is 11.3 Å². The molecule has 0 aliphatic rings. The maximum Gasteiger partial charge on any atom is 0.312 e. The van der Waals surface area contributed by atoms with E-state index in [0.29, 0.717) is 5.88 Å². The monoisotopic (exact) mass is 158 g/mol. The summed E-state index contributed by atoms with van der Waals surface area (Å²) in [7, 11) is 4.48. The molecule has 0 spiro atoms. The molecule has 0 radical (unpaired) electrons. The molecule has 1 N–H and O–H groups in total. The van der Waals surface area contributed by atoms with E-state index in [4.69, 9.17) is 9.47 Å². The van der Waals surface area contributed by atoms with Gasteiger partial charge in [0, 0.05) is 7.05 Å². The van der Waals surface area contributed by atoms with Crippen molar-refractivity contribution in [1.29, 1.82) is 0 Å².